The van der Waals surface area contributed by atoms with E-state index in [1.165, 1.54) is 50.9 Å². The highest BCUT2D eigenvalue weighted by Crippen LogP contribution is 2.34. The van der Waals surface area contributed by atoms with Crippen molar-refractivity contribution < 1.29 is 0 Å². The Morgan fingerprint density at radius 3 is 2.67 bits per heavy atom. The molecular formula is C17H30N4. The molecule has 0 radical (unpaired) electrons. The summed E-state index contributed by atoms with van der Waals surface area (Å²) >= 11 is 0. The Kier molecular flexibility index (Phi) is 4.65. The summed E-state index contributed by atoms with van der Waals surface area (Å²) in [4.78, 5) is 7.11. The van der Waals surface area contributed by atoms with Gasteiger partial charge in [-0.25, -0.2) is 4.98 Å². The zero-order valence-electron chi connectivity index (χ0n) is 13.6. The molecule has 3 rings (SSSR count). The van der Waals surface area contributed by atoms with Gasteiger partial charge in [0.1, 0.15) is 0 Å². The van der Waals surface area contributed by atoms with Crippen LogP contribution in [0.2, 0.25) is 0 Å². The van der Waals surface area contributed by atoms with E-state index in [0.29, 0.717) is 6.04 Å². The van der Waals surface area contributed by atoms with E-state index in [2.05, 4.69) is 46.1 Å². The van der Waals surface area contributed by atoms with Crippen molar-refractivity contribution in [3.05, 3.63) is 18.2 Å². The average Bonchev–Trinajstić information content (AvgIpc) is 2.99. The molecule has 1 atom stereocenters. The number of aromatic nitrogens is 2. The molecule has 1 unspecified atom stereocenters. The molecule has 1 aromatic rings. The molecule has 1 aromatic heterocycles. The van der Waals surface area contributed by atoms with Crippen molar-refractivity contribution in [2.75, 3.05) is 32.7 Å². The monoisotopic (exact) mass is 290 g/mol. The van der Waals surface area contributed by atoms with E-state index in [1.54, 1.807) is 0 Å². The molecule has 0 saturated carbocycles. The van der Waals surface area contributed by atoms with Crippen LogP contribution in [0.15, 0.2) is 12.5 Å². The first kappa shape index (κ1) is 15.0. The largest absolute Gasteiger partial charge is 0.330 e. The summed E-state index contributed by atoms with van der Waals surface area (Å²) in [5.41, 5.74) is 1.73. The Hall–Kier alpha value is -0.870. The fraction of sp³-hybridized carbons (Fsp3) is 0.824. The maximum atomic E-state index is 4.48. The van der Waals surface area contributed by atoms with Gasteiger partial charge in [-0.3, -0.25) is 0 Å². The van der Waals surface area contributed by atoms with Crippen molar-refractivity contribution >= 4 is 0 Å². The molecule has 0 aliphatic carbocycles. The number of nitrogens with one attached hydrogen (secondary N) is 1. The lowest BCUT2D eigenvalue weighted by Crippen LogP contribution is -2.40. The molecule has 2 fully saturated rings. The second-order valence-corrected chi connectivity index (χ2v) is 7.21. The van der Waals surface area contributed by atoms with E-state index >= 15 is 0 Å². The third-order valence-electron chi connectivity index (χ3n) is 5.44. The third-order valence-corrected chi connectivity index (χ3v) is 5.44. The standard InChI is InChI=1S/C17H30N4/c1-15(13-20-10-4-3-5-11-20)21-14-19-12-16(21)17(2)6-8-18-9-7-17/h12,14-15,18H,3-11,13H2,1-2H3. The van der Waals surface area contributed by atoms with Crippen molar-refractivity contribution in [2.24, 2.45) is 0 Å². The van der Waals surface area contributed by atoms with Gasteiger partial charge in [0.05, 0.1) is 6.33 Å². The van der Waals surface area contributed by atoms with Crippen LogP contribution in [0, 0.1) is 0 Å². The van der Waals surface area contributed by atoms with Crippen LogP contribution in [-0.4, -0.2) is 47.2 Å². The van der Waals surface area contributed by atoms with Gasteiger partial charge in [0.2, 0.25) is 0 Å². The van der Waals surface area contributed by atoms with E-state index in [4.69, 9.17) is 0 Å². The molecule has 0 amide bonds. The molecule has 1 N–H and O–H groups in total. The summed E-state index contributed by atoms with van der Waals surface area (Å²) in [7, 11) is 0. The summed E-state index contributed by atoms with van der Waals surface area (Å²) in [5.74, 6) is 0. The molecule has 0 aromatic carbocycles. The Morgan fingerprint density at radius 1 is 1.24 bits per heavy atom. The first-order valence-corrected chi connectivity index (χ1v) is 8.64. The van der Waals surface area contributed by atoms with E-state index in [9.17, 15) is 0 Å². The van der Waals surface area contributed by atoms with Gasteiger partial charge in [0.15, 0.2) is 0 Å². The molecule has 2 saturated heterocycles. The van der Waals surface area contributed by atoms with Crippen LogP contribution in [0.4, 0.5) is 0 Å². The van der Waals surface area contributed by atoms with Gasteiger partial charge in [-0.15, -0.1) is 0 Å². The summed E-state index contributed by atoms with van der Waals surface area (Å²) in [6, 6.07) is 0.521. The van der Waals surface area contributed by atoms with Gasteiger partial charge < -0.3 is 14.8 Å². The van der Waals surface area contributed by atoms with Crippen LogP contribution in [0.3, 0.4) is 0 Å². The Balaban J connectivity index is 1.71. The van der Waals surface area contributed by atoms with Crippen LogP contribution >= 0.6 is 0 Å². The topological polar surface area (TPSA) is 33.1 Å². The van der Waals surface area contributed by atoms with Crippen LogP contribution in [0.5, 0.6) is 0 Å². The van der Waals surface area contributed by atoms with Crippen molar-refractivity contribution in [3.8, 4) is 0 Å². The summed E-state index contributed by atoms with van der Waals surface area (Å²) in [6.45, 7) is 10.7. The molecule has 4 nitrogen and oxygen atoms in total. The van der Waals surface area contributed by atoms with Crippen LogP contribution < -0.4 is 5.32 Å². The number of rotatable bonds is 4. The van der Waals surface area contributed by atoms with Crippen LogP contribution in [0.1, 0.15) is 57.7 Å². The molecule has 4 heteroatoms. The fourth-order valence-electron chi connectivity index (χ4n) is 3.96. The molecule has 2 aliphatic heterocycles. The predicted octanol–water partition coefficient (Wildman–Crippen LogP) is 2.57. The van der Waals surface area contributed by atoms with Crippen LogP contribution in [-0.2, 0) is 5.41 Å². The van der Waals surface area contributed by atoms with E-state index in [0.717, 1.165) is 19.6 Å². The minimum absolute atomic E-state index is 0.290. The van der Waals surface area contributed by atoms with Gasteiger partial charge in [-0.2, -0.15) is 0 Å². The minimum atomic E-state index is 0.290. The number of likely N-dealkylation sites (tertiary alicyclic amines) is 1. The highest BCUT2D eigenvalue weighted by atomic mass is 15.2. The maximum Gasteiger partial charge on any atom is 0.0951 e. The fourth-order valence-corrected chi connectivity index (χ4v) is 3.96. The Labute approximate surface area is 128 Å². The first-order valence-electron chi connectivity index (χ1n) is 8.64. The molecule has 21 heavy (non-hydrogen) atoms. The maximum absolute atomic E-state index is 4.48. The molecule has 0 spiro atoms. The van der Waals surface area contributed by atoms with Crippen molar-refractivity contribution in [3.63, 3.8) is 0 Å². The predicted molar refractivity (Wildman–Crippen MR) is 86.7 cm³/mol. The molecule has 118 valence electrons. The van der Waals surface area contributed by atoms with Crippen molar-refractivity contribution in [2.45, 2.75) is 57.4 Å². The Morgan fingerprint density at radius 2 is 1.95 bits per heavy atom. The summed E-state index contributed by atoms with van der Waals surface area (Å²) < 4.78 is 2.44. The highest BCUT2D eigenvalue weighted by Gasteiger charge is 2.32. The van der Waals surface area contributed by atoms with Gasteiger partial charge in [0, 0.05) is 29.9 Å². The number of imidazole rings is 1. The van der Waals surface area contributed by atoms with Crippen LogP contribution in [0.25, 0.3) is 0 Å². The van der Waals surface area contributed by atoms with Gasteiger partial charge in [0.25, 0.3) is 0 Å². The van der Waals surface area contributed by atoms with E-state index < -0.39 is 0 Å². The summed E-state index contributed by atoms with van der Waals surface area (Å²) in [5, 5.41) is 3.48. The highest BCUT2D eigenvalue weighted by molar-refractivity contribution is 5.16. The molecular weight excluding hydrogens is 260 g/mol. The van der Waals surface area contributed by atoms with Gasteiger partial charge in [-0.05, 0) is 58.8 Å². The number of nitrogens with zero attached hydrogens (tertiary/aromatic N) is 3. The number of hydrogen-bond acceptors (Lipinski definition) is 3. The number of hydrogen-bond donors (Lipinski definition) is 1. The van der Waals surface area contributed by atoms with E-state index in [-0.39, 0.29) is 5.41 Å². The third kappa shape index (κ3) is 3.32. The normalized spacial score (nSPS) is 24.9. The van der Waals surface area contributed by atoms with E-state index in [1.807, 2.05) is 0 Å². The zero-order chi connectivity index (χ0) is 14.7. The van der Waals surface area contributed by atoms with Gasteiger partial charge >= 0.3 is 0 Å². The lowest BCUT2D eigenvalue weighted by atomic mass is 9.78. The molecule has 2 aliphatic rings. The summed E-state index contributed by atoms with van der Waals surface area (Å²) in [6.07, 6.45) is 10.7. The Bertz CT molecular complexity index is 441. The second kappa shape index (κ2) is 6.49. The average molecular weight is 290 g/mol. The minimum Gasteiger partial charge on any atom is -0.330 e. The van der Waals surface area contributed by atoms with Crippen molar-refractivity contribution in [1.82, 2.24) is 19.8 Å². The lowest BCUT2D eigenvalue weighted by molar-refractivity contribution is 0.197. The smallest absolute Gasteiger partial charge is 0.0951 e. The SMILES string of the molecule is CC(CN1CCCCC1)n1cncc1C1(C)CCNCC1. The lowest BCUT2D eigenvalue weighted by Gasteiger charge is -2.37. The zero-order valence-corrected chi connectivity index (χ0v) is 13.6. The first-order chi connectivity index (χ1) is 10.2. The molecule has 3 heterocycles. The van der Waals surface area contributed by atoms with Crippen molar-refractivity contribution in [1.29, 1.82) is 0 Å². The van der Waals surface area contributed by atoms with Gasteiger partial charge in [-0.1, -0.05) is 13.3 Å². The quantitative estimate of drug-likeness (QED) is 0.925. The molecule has 0 bridgehead atoms. The number of piperidine rings is 2. The second-order valence-electron chi connectivity index (χ2n) is 7.21.